The van der Waals surface area contributed by atoms with Crippen LogP contribution < -0.4 is 0 Å². The van der Waals surface area contributed by atoms with Crippen LogP contribution in [0.25, 0.3) is 0 Å². The molecule has 8 heteroatoms. The minimum absolute atomic E-state index is 0.0166. The second-order valence-electron chi connectivity index (χ2n) is 9.75. The molecule has 3 fully saturated rings. The average Bonchev–Trinajstić information content (AvgIpc) is 3.41. The number of fused-ring (bicyclic) bond motifs is 1. The van der Waals surface area contributed by atoms with Crippen molar-refractivity contribution in [2.45, 2.75) is 68.0 Å². The van der Waals surface area contributed by atoms with Crippen molar-refractivity contribution < 1.29 is 19.5 Å². The number of unbranched alkanes of at least 4 members (excludes halogenated alkanes) is 2. The zero-order chi connectivity index (χ0) is 24.3. The van der Waals surface area contributed by atoms with E-state index in [0.29, 0.717) is 26.1 Å². The Morgan fingerprint density at radius 2 is 1.91 bits per heavy atom. The van der Waals surface area contributed by atoms with Crippen molar-refractivity contribution in [2.24, 2.45) is 11.8 Å². The number of aliphatic hydroxyl groups excluding tert-OH is 1. The highest BCUT2D eigenvalue weighted by molar-refractivity contribution is 8.02. The maximum Gasteiger partial charge on any atom is 0.247 e. The minimum Gasteiger partial charge on any atom is -0.396 e. The summed E-state index contributed by atoms with van der Waals surface area (Å²) in [7, 11) is 1.76. The molecule has 184 valence electrons. The van der Waals surface area contributed by atoms with Gasteiger partial charge in [0.2, 0.25) is 17.7 Å². The highest BCUT2D eigenvalue weighted by Crippen LogP contribution is 2.66. The summed E-state index contributed by atoms with van der Waals surface area (Å²) in [5.41, 5.74) is 0. The molecule has 5 atom stereocenters. The standard InChI is InChI=1S/C25H39N3O4S/c1-6-13-26(5)22(30)19-18-11-12-25(33-18)20(19)23(31)28(15-9-8-10-16-29)21(25)24(32)27(14-7-2)17(3)4/h6-7,17-21,29H,1-2,8-16H2,3-5H3/t18-,19+,20+,21?,25?/m1/s1. The number of thioether (sulfide) groups is 1. The van der Waals surface area contributed by atoms with E-state index in [-0.39, 0.29) is 35.6 Å². The molecule has 33 heavy (non-hydrogen) atoms. The van der Waals surface area contributed by atoms with Crippen molar-refractivity contribution in [3.8, 4) is 0 Å². The summed E-state index contributed by atoms with van der Waals surface area (Å²) in [6.45, 7) is 13.0. The maximum absolute atomic E-state index is 14.0. The molecule has 3 heterocycles. The molecular formula is C25H39N3O4S. The zero-order valence-electron chi connectivity index (χ0n) is 20.2. The number of hydrogen-bond acceptors (Lipinski definition) is 5. The van der Waals surface area contributed by atoms with E-state index in [1.165, 1.54) is 0 Å². The van der Waals surface area contributed by atoms with E-state index in [4.69, 9.17) is 5.11 Å². The number of rotatable bonds is 12. The van der Waals surface area contributed by atoms with Crippen LogP contribution in [0.3, 0.4) is 0 Å². The SMILES string of the molecule is C=CCN(C)C(=O)[C@@H]1[C@H]2C(=O)N(CCCCCO)C(C(=O)N(CC=C)C(C)C)C23CC[C@H]1S3. The van der Waals surface area contributed by atoms with Crippen molar-refractivity contribution in [1.29, 1.82) is 0 Å². The van der Waals surface area contributed by atoms with Crippen molar-refractivity contribution in [1.82, 2.24) is 14.7 Å². The van der Waals surface area contributed by atoms with Gasteiger partial charge >= 0.3 is 0 Å². The molecule has 0 aromatic heterocycles. The van der Waals surface area contributed by atoms with Gasteiger partial charge < -0.3 is 19.8 Å². The molecule has 0 aliphatic carbocycles. The third kappa shape index (κ3) is 4.48. The summed E-state index contributed by atoms with van der Waals surface area (Å²) < 4.78 is -0.556. The lowest BCUT2D eigenvalue weighted by atomic mass is 9.70. The number of likely N-dealkylation sites (N-methyl/N-ethyl adjacent to an activating group) is 1. The molecule has 0 aromatic rings. The zero-order valence-corrected chi connectivity index (χ0v) is 21.1. The lowest BCUT2D eigenvalue weighted by Crippen LogP contribution is -2.56. The van der Waals surface area contributed by atoms with Gasteiger partial charge in [-0.25, -0.2) is 0 Å². The van der Waals surface area contributed by atoms with E-state index < -0.39 is 22.6 Å². The van der Waals surface area contributed by atoms with Crippen molar-refractivity contribution in [3.05, 3.63) is 25.3 Å². The van der Waals surface area contributed by atoms with Gasteiger partial charge in [0.15, 0.2) is 0 Å². The monoisotopic (exact) mass is 477 g/mol. The van der Waals surface area contributed by atoms with Crippen molar-refractivity contribution >= 4 is 29.5 Å². The molecule has 3 saturated heterocycles. The van der Waals surface area contributed by atoms with E-state index in [9.17, 15) is 14.4 Å². The molecule has 0 radical (unpaired) electrons. The topological polar surface area (TPSA) is 81.2 Å². The molecule has 7 nitrogen and oxygen atoms in total. The van der Waals surface area contributed by atoms with E-state index in [2.05, 4.69) is 13.2 Å². The molecule has 2 bridgehead atoms. The molecule has 3 aliphatic rings. The second-order valence-corrected chi connectivity index (χ2v) is 11.4. The van der Waals surface area contributed by atoms with Crippen LogP contribution in [0.4, 0.5) is 0 Å². The first kappa shape index (κ1) is 25.8. The van der Waals surface area contributed by atoms with Crippen LogP contribution in [0.2, 0.25) is 0 Å². The lowest BCUT2D eigenvalue weighted by Gasteiger charge is -2.38. The van der Waals surface area contributed by atoms with Crippen LogP contribution in [-0.2, 0) is 14.4 Å². The third-order valence-corrected chi connectivity index (χ3v) is 9.34. The summed E-state index contributed by atoms with van der Waals surface area (Å²) in [5.74, 6) is -0.979. The normalized spacial score (nSPS) is 30.0. The first-order chi connectivity index (χ1) is 15.7. The fraction of sp³-hybridized carbons (Fsp3) is 0.720. The Morgan fingerprint density at radius 1 is 1.21 bits per heavy atom. The van der Waals surface area contributed by atoms with Gasteiger partial charge in [-0.05, 0) is 46.0 Å². The van der Waals surface area contributed by atoms with E-state index in [1.807, 2.05) is 13.8 Å². The molecule has 1 N–H and O–H groups in total. The van der Waals surface area contributed by atoms with Gasteiger partial charge in [0.25, 0.3) is 0 Å². The van der Waals surface area contributed by atoms with Crippen LogP contribution >= 0.6 is 11.8 Å². The van der Waals surface area contributed by atoms with Crippen LogP contribution in [0.1, 0.15) is 46.0 Å². The van der Waals surface area contributed by atoms with E-state index in [1.54, 1.807) is 45.7 Å². The summed E-state index contributed by atoms with van der Waals surface area (Å²) >= 11 is 1.71. The van der Waals surface area contributed by atoms with E-state index >= 15 is 0 Å². The molecule has 0 aromatic carbocycles. The fourth-order valence-corrected chi connectivity index (χ4v) is 8.12. The number of likely N-dealkylation sites (tertiary alicyclic amines) is 1. The summed E-state index contributed by atoms with van der Waals surface area (Å²) in [5, 5.41) is 9.21. The Bertz CT molecular complexity index is 788. The Balaban J connectivity index is 1.98. The molecule has 3 aliphatic heterocycles. The lowest BCUT2D eigenvalue weighted by molar-refractivity contribution is -0.144. The number of nitrogens with zero attached hydrogens (tertiary/aromatic N) is 3. The molecule has 1 spiro atoms. The van der Waals surface area contributed by atoms with Crippen molar-refractivity contribution in [3.63, 3.8) is 0 Å². The fourth-order valence-electron chi connectivity index (χ4n) is 5.91. The first-order valence-corrected chi connectivity index (χ1v) is 13.0. The Labute approximate surface area is 202 Å². The molecular weight excluding hydrogens is 438 g/mol. The summed E-state index contributed by atoms with van der Waals surface area (Å²) in [4.78, 5) is 46.5. The van der Waals surface area contributed by atoms with Crippen molar-refractivity contribution in [2.75, 3.05) is 33.3 Å². The van der Waals surface area contributed by atoms with Gasteiger partial charge in [0.05, 0.1) is 16.6 Å². The average molecular weight is 478 g/mol. The number of carbonyl (C=O) groups is 3. The van der Waals surface area contributed by atoms with Crippen LogP contribution in [0, 0.1) is 11.8 Å². The minimum atomic E-state index is -0.566. The third-order valence-electron chi connectivity index (χ3n) is 7.39. The first-order valence-electron chi connectivity index (χ1n) is 12.1. The Morgan fingerprint density at radius 3 is 2.52 bits per heavy atom. The molecule has 3 amide bonds. The smallest absolute Gasteiger partial charge is 0.247 e. The van der Waals surface area contributed by atoms with E-state index in [0.717, 1.165) is 25.7 Å². The van der Waals surface area contributed by atoms with Gasteiger partial charge in [-0.1, -0.05) is 12.2 Å². The van der Waals surface area contributed by atoms with Gasteiger partial charge in [-0.15, -0.1) is 24.9 Å². The second kappa shape index (κ2) is 10.6. The number of aliphatic hydroxyl groups is 1. The predicted octanol–water partition coefficient (Wildman–Crippen LogP) is 2.31. The summed E-state index contributed by atoms with van der Waals surface area (Å²) in [6.07, 6.45) is 7.24. The Kier molecular flexibility index (Phi) is 8.32. The number of amides is 3. The highest BCUT2D eigenvalue weighted by Gasteiger charge is 2.73. The Hall–Kier alpha value is -1.80. The maximum atomic E-state index is 14.0. The van der Waals surface area contributed by atoms with Crippen LogP contribution in [0.5, 0.6) is 0 Å². The van der Waals surface area contributed by atoms with Gasteiger partial charge in [-0.3, -0.25) is 14.4 Å². The quantitative estimate of drug-likeness (QED) is 0.345. The highest BCUT2D eigenvalue weighted by atomic mass is 32.2. The van der Waals surface area contributed by atoms with Gasteiger partial charge in [0.1, 0.15) is 6.04 Å². The molecule has 2 unspecified atom stereocenters. The molecule has 3 rings (SSSR count). The van der Waals surface area contributed by atoms with Gasteiger partial charge in [-0.2, -0.15) is 0 Å². The summed E-state index contributed by atoms with van der Waals surface area (Å²) in [6, 6.07) is -0.582. The largest absolute Gasteiger partial charge is 0.396 e. The van der Waals surface area contributed by atoms with Crippen LogP contribution in [-0.4, -0.2) is 92.9 Å². The number of carbonyl (C=O) groups excluding carboxylic acids is 3. The molecule has 0 saturated carbocycles. The van der Waals surface area contributed by atoms with Gasteiger partial charge in [0, 0.05) is 44.6 Å². The van der Waals surface area contributed by atoms with Crippen LogP contribution in [0.15, 0.2) is 25.3 Å². The number of hydrogen-bond donors (Lipinski definition) is 1. The predicted molar refractivity (Wildman–Crippen MR) is 132 cm³/mol.